The van der Waals surface area contributed by atoms with Gasteiger partial charge in [-0.25, -0.2) is 0 Å². The molecule has 0 aliphatic carbocycles. The molecule has 30 heavy (non-hydrogen) atoms. The van der Waals surface area contributed by atoms with Crippen molar-refractivity contribution in [3.05, 3.63) is 72.8 Å². The molecule has 3 aromatic rings. The van der Waals surface area contributed by atoms with Gasteiger partial charge in [-0.05, 0) is 0 Å². The quantitative estimate of drug-likeness (QED) is 0.384. The van der Waals surface area contributed by atoms with E-state index < -0.39 is 14.3 Å². The second-order valence-corrected chi connectivity index (χ2v) is 12.6. The number of anilines is 3. The van der Waals surface area contributed by atoms with E-state index in [9.17, 15) is 0 Å². The van der Waals surface area contributed by atoms with Crippen molar-refractivity contribution in [2.24, 2.45) is 0 Å². The zero-order valence-corrected chi connectivity index (χ0v) is 22.5. The molecule has 3 rings (SSSR count). The van der Waals surface area contributed by atoms with Gasteiger partial charge in [0.15, 0.2) is 9.55 Å². The minimum absolute atomic E-state index is 1.32. The molecule has 4 radical (unpaired) electrons. The molecular weight excluding hydrogens is 466 g/mol. The van der Waals surface area contributed by atoms with Gasteiger partial charge < -0.3 is 0 Å². The van der Waals surface area contributed by atoms with Gasteiger partial charge in [0.05, 0.1) is 0 Å². The summed E-state index contributed by atoms with van der Waals surface area (Å²) >= 11 is 2.35. The topological polar surface area (TPSA) is 9.72 Å². The number of nitrogens with zero attached hydrogens (tertiary/aromatic N) is 3. The second kappa shape index (κ2) is 11.5. The summed E-state index contributed by atoms with van der Waals surface area (Å²) in [5, 5.41) is 0. The van der Waals surface area contributed by atoms with Crippen molar-refractivity contribution in [2.75, 3.05) is 57.0 Å². The van der Waals surface area contributed by atoms with Gasteiger partial charge in [-0.15, -0.1) is 0 Å². The number of para-hydroxylation sites is 3. The molecule has 0 spiro atoms. The zero-order valence-electron chi connectivity index (χ0n) is 18.6. The normalized spacial score (nSPS) is 10.3. The minimum atomic E-state index is -2.09. The predicted octanol–water partition coefficient (Wildman–Crippen LogP) is 2.71. The first-order valence-electron chi connectivity index (χ1n) is 9.78. The molecule has 0 aliphatic rings. The molecule has 0 aliphatic heterocycles. The van der Waals surface area contributed by atoms with E-state index in [0.717, 1.165) is 0 Å². The van der Waals surface area contributed by atoms with Gasteiger partial charge >= 0.3 is 174 Å². The van der Waals surface area contributed by atoms with Gasteiger partial charge in [0.25, 0.3) is 0 Å². The SMILES string of the molecule is CN(C)c1cccc[c]1[Ge]([c]1ccccc1N(C)C)[c]1ccccc1N(C)C.[Si]Cl. The third-order valence-electron chi connectivity index (χ3n) is 4.97. The monoisotopic (exact) mass is 497 g/mol. The zero-order chi connectivity index (χ0) is 22.3. The van der Waals surface area contributed by atoms with Crippen LogP contribution in [0.15, 0.2) is 72.8 Å². The van der Waals surface area contributed by atoms with Gasteiger partial charge in [-0.2, -0.15) is 11.1 Å². The van der Waals surface area contributed by atoms with Crippen molar-refractivity contribution < 1.29 is 0 Å². The fraction of sp³-hybridized carbons (Fsp3) is 0.250. The van der Waals surface area contributed by atoms with Crippen LogP contribution < -0.4 is 27.9 Å². The maximum Gasteiger partial charge on any atom is 0.174 e. The Labute approximate surface area is 194 Å². The van der Waals surface area contributed by atoms with Gasteiger partial charge in [0.2, 0.25) is 0 Å². The molecule has 0 bridgehead atoms. The van der Waals surface area contributed by atoms with Crippen LogP contribution >= 0.6 is 11.1 Å². The molecular formula is C24H30ClGeN3Si. The summed E-state index contributed by atoms with van der Waals surface area (Å²) < 4.78 is 4.45. The molecule has 3 aromatic carbocycles. The van der Waals surface area contributed by atoms with Crippen LogP contribution in [0.3, 0.4) is 0 Å². The number of rotatable bonds is 6. The van der Waals surface area contributed by atoms with Crippen LogP contribution in [-0.2, 0) is 0 Å². The summed E-state index contributed by atoms with van der Waals surface area (Å²) in [5.41, 5.74) is 3.96. The van der Waals surface area contributed by atoms with Gasteiger partial charge in [-0.1, -0.05) is 0 Å². The van der Waals surface area contributed by atoms with Crippen LogP contribution in [0, 0.1) is 0 Å². The summed E-state index contributed by atoms with van der Waals surface area (Å²) in [5.74, 6) is 0. The summed E-state index contributed by atoms with van der Waals surface area (Å²) in [7, 11) is 15.3. The first kappa shape index (κ1) is 24.4. The molecule has 3 nitrogen and oxygen atoms in total. The van der Waals surface area contributed by atoms with E-state index >= 15 is 0 Å². The summed E-state index contributed by atoms with van der Waals surface area (Å²) in [6.45, 7) is 0. The number of hydrogen-bond acceptors (Lipinski definition) is 3. The average Bonchev–Trinajstić information content (AvgIpc) is 2.76. The Morgan fingerprint density at radius 2 is 0.733 bits per heavy atom. The Morgan fingerprint density at radius 1 is 0.500 bits per heavy atom. The van der Waals surface area contributed by atoms with Crippen LogP contribution in [0.25, 0.3) is 0 Å². The fourth-order valence-electron chi connectivity index (χ4n) is 3.66. The Morgan fingerprint density at radius 3 is 0.967 bits per heavy atom. The predicted molar refractivity (Wildman–Crippen MR) is 139 cm³/mol. The molecule has 6 heteroatoms. The molecule has 0 unspecified atom stereocenters. The van der Waals surface area contributed by atoms with Crippen LogP contribution in [0.1, 0.15) is 0 Å². The molecule has 0 atom stereocenters. The molecule has 0 amide bonds. The Hall–Kier alpha value is -1.89. The molecule has 156 valence electrons. The Balaban J connectivity index is 0.00000155. The van der Waals surface area contributed by atoms with Gasteiger partial charge in [-0.3, -0.25) is 0 Å². The van der Waals surface area contributed by atoms with E-state index in [4.69, 9.17) is 0 Å². The van der Waals surface area contributed by atoms with E-state index in [2.05, 4.69) is 150 Å². The van der Waals surface area contributed by atoms with Crippen molar-refractivity contribution in [3.8, 4) is 0 Å². The van der Waals surface area contributed by atoms with Gasteiger partial charge in [0, 0.05) is 0 Å². The van der Waals surface area contributed by atoms with Crippen molar-refractivity contribution in [1.29, 1.82) is 0 Å². The summed E-state index contributed by atoms with van der Waals surface area (Å²) in [6.07, 6.45) is 0. The van der Waals surface area contributed by atoms with Crippen LogP contribution in [0.5, 0.6) is 0 Å². The van der Waals surface area contributed by atoms with Crippen molar-refractivity contribution in [3.63, 3.8) is 0 Å². The molecule has 0 aromatic heterocycles. The fourth-order valence-corrected chi connectivity index (χ4v) is 10.7. The Bertz CT molecular complexity index is 825. The molecule has 0 heterocycles. The third kappa shape index (κ3) is 5.42. The second-order valence-electron chi connectivity index (χ2n) is 7.61. The smallest absolute Gasteiger partial charge is 0.174 e. The Kier molecular flexibility index (Phi) is 9.34. The number of hydrogen-bond donors (Lipinski definition) is 0. The number of halogens is 1. The summed E-state index contributed by atoms with van der Waals surface area (Å²) in [6, 6.07) is 26.7. The van der Waals surface area contributed by atoms with Crippen LogP contribution in [0.2, 0.25) is 0 Å². The van der Waals surface area contributed by atoms with Gasteiger partial charge in [0.1, 0.15) is 0 Å². The largest absolute Gasteiger partial charge is 0.174 e. The molecule has 0 N–H and O–H groups in total. The minimum Gasteiger partial charge on any atom is -0.174 e. The van der Waals surface area contributed by atoms with Crippen LogP contribution in [0.4, 0.5) is 17.1 Å². The average molecular weight is 497 g/mol. The van der Waals surface area contributed by atoms with E-state index in [1.165, 1.54) is 30.2 Å². The molecule has 0 saturated heterocycles. The van der Waals surface area contributed by atoms with Crippen LogP contribution in [-0.4, -0.2) is 66.2 Å². The van der Waals surface area contributed by atoms with Crippen molar-refractivity contribution >= 4 is 65.2 Å². The van der Waals surface area contributed by atoms with Crippen molar-refractivity contribution in [1.82, 2.24) is 0 Å². The van der Waals surface area contributed by atoms with E-state index in [0.29, 0.717) is 0 Å². The van der Waals surface area contributed by atoms with E-state index in [1.54, 1.807) is 0 Å². The standard InChI is InChI=1S/C24H30GeN3.ClSi/c1-26(2)22-16-10-7-13-19(22)25(20-14-8-11-17-23(20)27(3)4)21-15-9-12-18-24(21)28(5)6;1-2/h7-18H,1-6H3;. The van der Waals surface area contributed by atoms with E-state index in [1.807, 2.05) is 0 Å². The first-order chi connectivity index (χ1) is 14.4. The number of benzene rings is 3. The van der Waals surface area contributed by atoms with Crippen molar-refractivity contribution in [2.45, 2.75) is 0 Å². The molecule has 0 saturated carbocycles. The first-order valence-corrected chi connectivity index (χ1v) is 14.4. The summed E-state index contributed by atoms with van der Waals surface area (Å²) in [4.78, 5) is 6.75. The van der Waals surface area contributed by atoms with E-state index in [-0.39, 0.29) is 0 Å². The maximum atomic E-state index is 4.44. The third-order valence-corrected chi connectivity index (χ3v) is 11.0. The molecule has 0 fully saturated rings. The maximum absolute atomic E-state index is 4.44.